The summed E-state index contributed by atoms with van der Waals surface area (Å²) in [6.07, 6.45) is 0. The molecule has 0 heterocycles. The Bertz CT molecular complexity index is 940. The number of nitrogens with zero attached hydrogens (tertiary/aromatic N) is 1. The second-order valence-corrected chi connectivity index (χ2v) is 6.79. The number of benzene rings is 3. The summed E-state index contributed by atoms with van der Waals surface area (Å²) in [5.41, 5.74) is 3.80. The number of carbonyl (C=O) groups is 1. The Morgan fingerprint density at radius 3 is 2.31 bits per heavy atom. The smallest absolute Gasteiger partial charge is 0.244 e. The molecule has 1 amide bonds. The van der Waals surface area contributed by atoms with E-state index in [1.165, 1.54) is 0 Å². The van der Waals surface area contributed by atoms with Crippen LogP contribution in [-0.2, 0) is 11.3 Å². The molecule has 0 aliphatic rings. The minimum Gasteiger partial charge on any atom is -0.497 e. The Morgan fingerprint density at radius 1 is 0.931 bits per heavy atom. The second kappa shape index (κ2) is 9.64. The Labute approximate surface area is 171 Å². The first-order valence-corrected chi connectivity index (χ1v) is 9.46. The first kappa shape index (κ1) is 20.3. The molecule has 29 heavy (non-hydrogen) atoms. The summed E-state index contributed by atoms with van der Waals surface area (Å²) in [5.74, 6) is 1.31. The zero-order valence-electron chi connectivity index (χ0n) is 17.0. The number of anilines is 2. The van der Waals surface area contributed by atoms with Crippen molar-refractivity contribution in [3.8, 4) is 11.5 Å². The van der Waals surface area contributed by atoms with Crippen molar-refractivity contribution in [3.05, 3.63) is 83.9 Å². The molecule has 1 N–H and O–H groups in total. The lowest BCUT2D eigenvalue weighted by atomic mass is 10.2. The zero-order valence-corrected chi connectivity index (χ0v) is 17.0. The number of aryl methyl sites for hydroxylation is 1. The fourth-order valence-corrected chi connectivity index (χ4v) is 3.12. The lowest BCUT2D eigenvalue weighted by Crippen LogP contribution is -2.33. The number of nitrogens with one attached hydrogen (secondary N) is 1. The van der Waals surface area contributed by atoms with Crippen molar-refractivity contribution in [3.63, 3.8) is 0 Å². The van der Waals surface area contributed by atoms with E-state index in [0.717, 1.165) is 22.6 Å². The van der Waals surface area contributed by atoms with Gasteiger partial charge in [0.1, 0.15) is 11.5 Å². The minimum atomic E-state index is -0.111. The summed E-state index contributed by atoms with van der Waals surface area (Å²) in [6, 6.07) is 23.5. The molecule has 5 heteroatoms. The Morgan fingerprint density at radius 2 is 1.66 bits per heavy atom. The number of ether oxygens (including phenoxy) is 2. The molecular formula is C24H26N2O3. The number of methoxy groups -OCH3 is 2. The predicted molar refractivity (Wildman–Crippen MR) is 117 cm³/mol. The van der Waals surface area contributed by atoms with Gasteiger partial charge in [-0.3, -0.25) is 4.79 Å². The lowest BCUT2D eigenvalue weighted by Gasteiger charge is -2.25. The molecule has 0 saturated heterocycles. The van der Waals surface area contributed by atoms with Crippen LogP contribution in [0.1, 0.15) is 11.1 Å². The van der Waals surface area contributed by atoms with Crippen molar-refractivity contribution in [2.24, 2.45) is 0 Å². The SMILES string of the molecule is COc1ccc(N(CC(=O)Nc2cc(C)ccc2OC)Cc2ccccc2)cc1. The summed E-state index contributed by atoms with van der Waals surface area (Å²) in [7, 11) is 3.23. The third kappa shape index (κ3) is 5.51. The van der Waals surface area contributed by atoms with Crippen LogP contribution in [0.3, 0.4) is 0 Å². The van der Waals surface area contributed by atoms with E-state index in [1.54, 1.807) is 14.2 Å². The molecule has 3 aromatic rings. The monoisotopic (exact) mass is 390 g/mol. The van der Waals surface area contributed by atoms with Crippen LogP contribution in [-0.4, -0.2) is 26.7 Å². The maximum absolute atomic E-state index is 12.9. The number of hydrogen-bond acceptors (Lipinski definition) is 4. The van der Waals surface area contributed by atoms with Gasteiger partial charge in [-0.15, -0.1) is 0 Å². The van der Waals surface area contributed by atoms with E-state index < -0.39 is 0 Å². The van der Waals surface area contributed by atoms with Gasteiger partial charge in [-0.1, -0.05) is 36.4 Å². The molecule has 0 bridgehead atoms. The predicted octanol–water partition coefficient (Wildman–Crippen LogP) is 4.66. The van der Waals surface area contributed by atoms with Crippen LogP contribution >= 0.6 is 0 Å². The largest absolute Gasteiger partial charge is 0.497 e. The normalized spacial score (nSPS) is 10.3. The summed E-state index contributed by atoms with van der Waals surface area (Å²) in [4.78, 5) is 14.9. The van der Waals surface area contributed by atoms with Crippen LogP contribution in [0.4, 0.5) is 11.4 Å². The van der Waals surface area contributed by atoms with Crippen LogP contribution < -0.4 is 19.7 Å². The van der Waals surface area contributed by atoms with Crippen molar-refractivity contribution < 1.29 is 14.3 Å². The number of rotatable bonds is 8. The molecule has 5 nitrogen and oxygen atoms in total. The molecule has 0 unspecified atom stereocenters. The van der Waals surface area contributed by atoms with E-state index in [2.05, 4.69) is 17.4 Å². The van der Waals surface area contributed by atoms with E-state index in [4.69, 9.17) is 9.47 Å². The molecule has 3 aromatic carbocycles. The van der Waals surface area contributed by atoms with Gasteiger partial charge in [0, 0.05) is 12.2 Å². The summed E-state index contributed by atoms with van der Waals surface area (Å²) in [6.45, 7) is 2.80. The highest BCUT2D eigenvalue weighted by atomic mass is 16.5. The third-order valence-corrected chi connectivity index (χ3v) is 4.62. The average molecular weight is 390 g/mol. The summed E-state index contributed by atoms with van der Waals surface area (Å²) < 4.78 is 10.6. The second-order valence-electron chi connectivity index (χ2n) is 6.79. The molecular weight excluding hydrogens is 364 g/mol. The molecule has 3 rings (SSSR count). The topological polar surface area (TPSA) is 50.8 Å². The van der Waals surface area contributed by atoms with Gasteiger partial charge in [0.2, 0.25) is 5.91 Å². The fraction of sp³-hybridized carbons (Fsp3) is 0.208. The quantitative estimate of drug-likeness (QED) is 0.608. The van der Waals surface area contributed by atoms with Gasteiger partial charge in [0.15, 0.2) is 0 Å². The number of carbonyl (C=O) groups excluding carboxylic acids is 1. The molecule has 0 spiro atoms. The van der Waals surface area contributed by atoms with Crippen molar-refractivity contribution >= 4 is 17.3 Å². The van der Waals surface area contributed by atoms with Gasteiger partial charge in [0.05, 0.1) is 26.5 Å². The Balaban J connectivity index is 1.80. The molecule has 0 aliphatic carbocycles. The van der Waals surface area contributed by atoms with Gasteiger partial charge in [0.25, 0.3) is 0 Å². The minimum absolute atomic E-state index is 0.111. The first-order chi connectivity index (χ1) is 14.1. The molecule has 0 saturated carbocycles. The highest BCUT2D eigenvalue weighted by Crippen LogP contribution is 2.26. The molecule has 0 radical (unpaired) electrons. The van der Waals surface area contributed by atoms with Gasteiger partial charge in [-0.25, -0.2) is 0 Å². The zero-order chi connectivity index (χ0) is 20.6. The molecule has 0 aliphatic heterocycles. The van der Waals surface area contributed by atoms with Crippen LogP contribution in [0, 0.1) is 6.92 Å². The van der Waals surface area contributed by atoms with E-state index >= 15 is 0 Å². The van der Waals surface area contributed by atoms with Crippen molar-refractivity contribution in [2.45, 2.75) is 13.5 Å². The van der Waals surface area contributed by atoms with Crippen LogP contribution in [0.25, 0.3) is 0 Å². The van der Waals surface area contributed by atoms with E-state index in [1.807, 2.05) is 72.5 Å². The van der Waals surface area contributed by atoms with Crippen molar-refractivity contribution in [2.75, 3.05) is 31.0 Å². The van der Waals surface area contributed by atoms with Crippen LogP contribution in [0.5, 0.6) is 11.5 Å². The lowest BCUT2D eigenvalue weighted by molar-refractivity contribution is -0.115. The molecule has 0 aromatic heterocycles. The molecule has 0 atom stereocenters. The Hall–Kier alpha value is -3.47. The van der Waals surface area contributed by atoms with E-state index in [0.29, 0.717) is 18.0 Å². The maximum atomic E-state index is 12.9. The van der Waals surface area contributed by atoms with Crippen molar-refractivity contribution in [1.29, 1.82) is 0 Å². The summed E-state index contributed by atoms with van der Waals surface area (Å²) in [5, 5.41) is 2.98. The van der Waals surface area contributed by atoms with E-state index in [9.17, 15) is 4.79 Å². The summed E-state index contributed by atoms with van der Waals surface area (Å²) >= 11 is 0. The van der Waals surface area contributed by atoms with Gasteiger partial charge >= 0.3 is 0 Å². The number of amides is 1. The standard InChI is InChI=1S/C24H26N2O3/c1-18-9-14-23(29-3)22(15-18)25-24(27)17-26(16-19-7-5-4-6-8-19)20-10-12-21(28-2)13-11-20/h4-15H,16-17H2,1-3H3,(H,25,27). The maximum Gasteiger partial charge on any atom is 0.244 e. The van der Waals surface area contributed by atoms with Crippen molar-refractivity contribution in [1.82, 2.24) is 0 Å². The Kier molecular flexibility index (Phi) is 6.74. The fourth-order valence-electron chi connectivity index (χ4n) is 3.12. The van der Waals surface area contributed by atoms with Crippen LogP contribution in [0.15, 0.2) is 72.8 Å². The highest BCUT2D eigenvalue weighted by molar-refractivity contribution is 5.95. The van der Waals surface area contributed by atoms with Gasteiger partial charge in [-0.2, -0.15) is 0 Å². The van der Waals surface area contributed by atoms with Gasteiger partial charge in [-0.05, 0) is 54.4 Å². The van der Waals surface area contributed by atoms with Crippen LogP contribution in [0.2, 0.25) is 0 Å². The van der Waals surface area contributed by atoms with E-state index in [-0.39, 0.29) is 12.5 Å². The molecule has 150 valence electrons. The highest BCUT2D eigenvalue weighted by Gasteiger charge is 2.15. The molecule has 0 fully saturated rings. The first-order valence-electron chi connectivity index (χ1n) is 9.46. The van der Waals surface area contributed by atoms with Gasteiger partial charge < -0.3 is 19.7 Å². The number of hydrogen-bond donors (Lipinski definition) is 1. The third-order valence-electron chi connectivity index (χ3n) is 4.62. The average Bonchev–Trinajstić information content (AvgIpc) is 2.74.